The first-order valence-corrected chi connectivity index (χ1v) is 10.2. The van der Waals surface area contributed by atoms with Crippen LogP contribution >= 0.6 is 0 Å². The highest BCUT2D eigenvalue weighted by atomic mass is 16.5. The van der Waals surface area contributed by atoms with E-state index in [0.29, 0.717) is 6.61 Å². The number of benzene rings is 3. The summed E-state index contributed by atoms with van der Waals surface area (Å²) in [6.07, 6.45) is 0.884. The summed E-state index contributed by atoms with van der Waals surface area (Å²) in [5.41, 5.74) is 2.75. The van der Waals surface area contributed by atoms with Crippen LogP contribution in [0, 0.1) is 0 Å². The van der Waals surface area contributed by atoms with Gasteiger partial charge in [-0.15, -0.1) is 0 Å². The smallest absolute Gasteiger partial charge is 0.191 e. The van der Waals surface area contributed by atoms with Crippen molar-refractivity contribution >= 4 is 5.96 Å². The van der Waals surface area contributed by atoms with Gasteiger partial charge in [0.2, 0.25) is 0 Å². The SMILES string of the molecule is c1ccc(C(OCCCNC2=NCCN2)(c2ccccc2)c2ccccc2)cc1. The zero-order valence-corrected chi connectivity index (χ0v) is 16.6. The van der Waals surface area contributed by atoms with Gasteiger partial charge in [0, 0.05) is 13.1 Å². The lowest BCUT2D eigenvalue weighted by atomic mass is 9.80. The Kier molecular flexibility index (Phi) is 6.22. The van der Waals surface area contributed by atoms with Crippen molar-refractivity contribution in [2.24, 2.45) is 4.99 Å². The summed E-state index contributed by atoms with van der Waals surface area (Å²) in [4.78, 5) is 4.38. The van der Waals surface area contributed by atoms with Gasteiger partial charge in [-0.1, -0.05) is 91.0 Å². The van der Waals surface area contributed by atoms with Crippen molar-refractivity contribution in [2.45, 2.75) is 12.0 Å². The number of guanidine groups is 1. The van der Waals surface area contributed by atoms with Crippen LogP contribution in [0.4, 0.5) is 0 Å². The van der Waals surface area contributed by atoms with Gasteiger partial charge in [-0.3, -0.25) is 4.99 Å². The molecular weight excluding hydrogens is 358 g/mol. The van der Waals surface area contributed by atoms with Gasteiger partial charge in [-0.2, -0.15) is 0 Å². The Morgan fingerprint density at radius 1 is 0.793 bits per heavy atom. The van der Waals surface area contributed by atoms with Gasteiger partial charge in [0.25, 0.3) is 0 Å². The van der Waals surface area contributed by atoms with E-state index >= 15 is 0 Å². The molecule has 148 valence electrons. The Bertz CT molecular complexity index is 814. The van der Waals surface area contributed by atoms with Gasteiger partial charge in [-0.05, 0) is 23.1 Å². The zero-order chi connectivity index (χ0) is 19.8. The van der Waals surface area contributed by atoms with E-state index in [-0.39, 0.29) is 0 Å². The Hall–Kier alpha value is -3.11. The predicted molar refractivity (Wildman–Crippen MR) is 118 cm³/mol. The van der Waals surface area contributed by atoms with E-state index in [0.717, 1.165) is 48.7 Å². The van der Waals surface area contributed by atoms with Crippen molar-refractivity contribution in [3.05, 3.63) is 108 Å². The average Bonchev–Trinajstić information content (AvgIpc) is 3.32. The number of aliphatic imine (C=N–C) groups is 1. The Balaban J connectivity index is 1.62. The van der Waals surface area contributed by atoms with Crippen molar-refractivity contribution in [1.82, 2.24) is 10.6 Å². The van der Waals surface area contributed by atoms with Crippen LogP contribution in [0.1, 0.15) is 23.1 Å². The molecule has 1 heterocycles. The fourth-order valence-corrected chi connectivity index (χ4v) is 3.79. The Morgan fingerprint density at radius 3 is 1.76 bits per heavy atom. The van der Waals surface area contributed by atoms with Crippen LogP contribution in [0.3, 0.4) is 0 Å². The highest BCUT2D eigenvalue weighted by Gasteiger charge is 2.37. The normalized spacial score (nSPS) is 13.6. The van der Waals surface area contributed by atoms with Crippen LogP contribution in [0.5, 0.6) is 0 Å². The lowest BCUT2D eigenvalue weighted by Crippen LogP contribution is -2.36. The van der Waals surface area contributed by atoms with Crippen LogP contribution in [0.15, 0.2) is 96.0 Å². The molecule has 1 aliphatic rings. The van der Waals surface area contributed by atoms with Crippen molar-refractivity contribution in [3.8, 4) is 0 Å². The van der Waals surface area contributed by atoms with Crippen LogP contribution in [-0.4, -0.2) is 32.2 Å². The predicted octanol–water partition coefficient (Wildman–Crippen LogP) is 3.93. The molecule has 0 spiro atoms. The maximum Gasteiger partial charge on any atom is 0.191 e. The summed E-state index contributed by atoms with van der Waals surface area (Å²) in [5, 5.41) is 6.59. The molecule has 4 nitrogen and oxygen atoms in total. The molecule has 0 saturated carbocycles. The third kappa shape index (κ3) is 4.33. The maximum absolute atomic E-state index is 6.75. The standard InChI is InChI=1S/C25H27N3O/c1-4-11-21(12-5-1)25(22-13-6-2-7-14-22,23-15-8-3-9-16-23)29-20-10-17-26-24-27-18-19-28-24/h1-9,11-16H,10,17-20H2,(H2,26,27,28). The molecule has 29 heavy (non-hydrogen) atoms. The van der Waals surface area contributed by atoms with Gasteiger partial charge in [-0.25, -0.2) is 0 Å². The maximum atomic E-state index is 6.75. The summed E-state index contributed by atoms with van der Waals surface area (Å²) in [7, 11) is 0. The molecule has 1 aliphatic heterocycles. The molecule has 3 aromatic rings. The van der Waals surface area contributed by atoms with Crippen LogP contribution in [-0.2, 0) is 10.3 Å². The van der Waals surface area contributed by atoms with E-state index in [9.17, 15) is 0 Å². The van der Waals surface area contributed by atoms with Crippen molar-refractivity contribution in [3.63, 3.8) is 0 Å². The van der Waals surface area contributed by atoms with Gasteiger partial charge < -0.3 is 15.4 Å². The zero-order valence-electron chi connectivity index (χ0n) is 16.6. The molecule has 0 amide bonds. The van der Waals surface area contributed by atoms with Gasteiger partial charge in [0.05, 0.1) is 13.2 Å². The highest BCUT2D eigenvalue weighted by molar-refractivity contribution is 5.81. The molecule has 0 bridgehead atoms. The molecule has 0 saturated heterocycles. The molecule has 4 heteroatoms. The van der Waals surface area contributed by atoms with Crippen LogP contribution < -0.4 is 10.6 Å². The van der Waals surface area contributed by atoms with E-state index in [2.05, 4.69) is 88.4 Å². The minimum absolute atomic E-state index is 0.624. The summed E-state index contributed by atoms with van der Waals surface area (Å²) in [6.45, 7) is 3.20. The molecule has 3 aromatic carbocycles. The first-order valence-electron chi connectivity index (χ1n) is 10.2. The number of rotatable bonds is 8. The van der Waals surface area contributed by atoms with Gasteiger partial charge in [0.1, 0.15) is 5.60 Å². The lowest BCUT2D eigenvalue weighted by molar-refractivity contribution is 0.0120. The molecule has 2 N–H and O–H groups in total. The van der Waals surface area contributed by atoms with Crippen molar-refractivity contribution in [2.75, 3.05) is 26.2 Å². The third-order valence-electron chi connectivity index (χ3n) is 5.15. The fourth-order valence-electron chi connectivity index (χ4n) is 3.79. The van der Waals surface area contributed by atoms with Gasteiger partial charge in [0.15, 0.2) is 5.96 Å². The molecule has 0 aliphatic carbocycles. The summed E-state index contributed by atoms with van der Waals surface area (Å²) < 4.78 is 6.75. The van der Waals surface area contributed by atoms with Crippen LogP contribution in [0.25, 0.3) is 0 Å². The number of hydrogen-bond donors (Lipinski definition) is 2. The quantitative estimate of drug-likeness (QED) is 0.456. The molecule has 0 fully saturated rings. The second-order valence-electron chi connectivity index (χ2n) is 7.07. The Morgan fingerprint density at radius 2 is 1.31 bits per heavy atom. The van der Waals surface area contributed by atoms with E-state index in [4.69, 9.17) is 4.74 Å². The summed E-state index contributed by atoms with van der Waals surface area (Å²) in [6, 6.07) is 31.5. The van der Waals surface area contributed by atoms with E-state index < -0.39 is 5.60 Å². The lowest BCUT2D eigenvalue weighted by Gasteiger charge is -2.36. The minimum Gasteiger partial charge on any atom is -0.361 e. The van der Waals surface area contributed by atoms with Crippen molar-refractivity contribution in [1.29, 1.82) is 0 Å². The topological polar surface area (TPSA) is 45.6 Å². The van der Waals surface area contributed by atoms with Gasteiger partial charge >= 0.3 is 0 Å². The monoisotopic (exact) mass is 385 g/mol. The summed E-state index contributed by atoms with van der Waals surface area (Å²) in [5.74, 6) is 0.894. The molecule has 0 radical (unpaired) electrons. The van der Waals surface area contributed by atoms with Crippen molar-refractivity contribution < 1.29 is 4.74 Å². The number of nitrogens with zero attached hydrogens (tertiary/aromatic N) is 1. The van der Waals surface area contributed by atoms with Crippen LogP contribution in [0.2, 0.25) is 0 Å². The number of ether oxygens (including phenoxy) is 1. The number of nitrogens with one attached hydrogen (secondary N) is 2. The molecular formula is C25H27N3O. The molecule has 0 aromatic heterocycles. The first-order chi connectivity index (χ1) is 14.4. The van der Waals surface area contributed by atoms with E-state index in [1.807, 2.05) is 18.2 Å². The Labute approximate surface area is 172 Å². The first kappa shape index (κ1) is 19.2. The second-order valence-corrected chi connectivity index (χ2v) is 7.07. The summed E-state index contributed by atoms with van der Waals surface area (Å²) >= 11 is 0. The molecule has 0 atom stereocenters. The third-order valence-corrected chi connectivity index (χ3v) is 5.15. The second kappa shape index (κ2) is 9.39. The average molecular weight is 386 g/mol. The molecule has 4 rings (SSSR count). The number of hydrogen-bond acceptors (Lipinski definition) is 4. The molecule has 0 unspecified atom stereocenters. The largest absolute Gasteiger partial charge is 0.361 e. The van der Waals surface area contributed by atoms with E-state index in [1.54, 1.807) is 0 Å². The van der Waals surface area contributed by atoms with E-state index in [1.165, 1.54) is 0 Å². The minimum atomic E-state index is -0.646. The fraction of sp³-hybridized carbons (Fsp3) is 0.240. The highest BCUT2D eigenvalue weighted by Crippen LogP contribution is 2.40.